The minimum atomic E-state index is -0.381. The number of carbonyl (C=O) groups is 1. The molecule has 6 heteroatoms. The summed E-state index contributed by atoms with van der Waals surface area (Å²) in [7, 11) is 1.59. The number of pyridine rings is 1. The second kappa shape index (κ2) is 7.62. The van der Waals surface area contributed by atoms with Crippen molar-refractivity contribution in [3.05, 3.63) is 67.8 Å². The number of nitrogens with zero attached hydrogens (tertiary/aromatic N) is 1. The minimum Gasteiger partial charge on any atom is -0.373 e. The SMILES string of the molecule is Cn1c(Cc2ccc(Br)cc2F)c(C(=O)COCC2CC2)ccc1=O. The summed E-state index contributed by atoms with van der Waals surface area (Å²) in [5, 5.41) is 0. The molecule has 0 atom stereocenters. The topological polar surface area (TPSA) is 48.3 Å². The molecular formula is C19H19BrFNO3. The standard InChI is InChI=1S/C19H19BrFNO3/c1-22-17(8-13-4-5-14(20)9-16(13)21)15(6-7-19(22)24)18(23)11-25-10-12-2-3-12/h4-7,9,12H,2-3,8,10-11H2,1H3. The van der Waals surface area contributed by atoms with Gasteiger partial charge in [-0.2, -0.15) is 0 Å². The molecule has 1 aliphatic carbocycles. The molecule has 0 radical (unpaired) electrons. The highest BCUT2D eigenvalue weighted by atomic mass is 79.9. The molecule has 1 heterocycles. The van der Waals surface area contributed by atoms with Crippen LogP contribution in [0.3, 0.4) is 0 Å². The molecule has 0 spiro atoms. The Morgan fingerprint density at radius 3 is 2.76 bits per heavy atom. The number of ketones is 1. The molecule has 0 N–H and O–H groups in total. The predicted molar refractivity (Wildman–Crippen MR) is 96.5 cm³/mol. The molecule has 0 unspecified atom stereocenters. The molecule has 0 saturated heterocycles. The zero-order valence-corrected chi connectivity index (χ0v) is 15.5. The summed E-state index contributed by atoms with van der Waals surface area (Å²) in [6.07, 6.45) is 2.47. The van der Waals surface area contributed by atoms with E-state index in [-0.39, 0.29) is 30.2 Å². The smallest absolute Gasteiger partial charge is 0.250 e. The third kappa shape index (κ3) is 4.44. The lowest BCUT2D eigenvalue weighted by Gasteiger charge is -2.14. The Labute approximate surface area is 153 Å². The second-order valence-corrected chi connectivity index (χ2v) is 7.30. The summed E-state index contributed by atoms with van der Waals surface area (Å²) >= 11 is 3.22. The molecule has 1 aromatic carbocycles. The van der Waals surface area contributed by atoms with Crippen molar-refractivity contribution in [2.75, 3.05) is 13.2 Å². The Kier molecular flexibility index (Phi) is 5.49. The molecule has 132 valence electrons. The number of hydrogen-bond acceptors (Lipinski definition) is 3. The van der Waals surface area contributed by atoms with E-state index in [0.29, 0.717) is 33.8 Å². The van der Waals surface area contributed by atoms with Gasteiger partial charge in [0.2, 0.25) is 0 Å². The molecule has 4 nitrogen and oxygen atoms in total. The van der Waals surface area contributed by atoms with Crippen molar-refractivity contribution in [2.24, 2.45) is 13.0 Å². The van der Waals surface area contributed by atoms with Gasteiger partial charge < -0.3 is 9.30 Å². The Hall–Kier alpha value is -1.79. The molecule has 2 aromatic rings. The van der Waals surface area contributed by atoms with E-state index in [1.807, 2.05) is 0 Å². The largest absolute Gasteiger partial charge is 0.373 e. The number of rotatable bonds is 7. The maximum absolute atomic E-state index is 14.2. The number of Topliss-reactive ketones (excluding diaryl/α,β-unsaturated/α-hetero) is 1. The monoisotopic (exact) mass is 407 g/mol. The van der Waals surface area contributed by atoms with Gasteiger partial charge in [-0.3, -0.25) is 9.59 Å². The number of ether oxygens (including phenoxy) is 1. The van der Waals surface area contributed by atoms with Gasteiger partial charge in [-0.1, -0.05) is 22.0 Å². The molecule has 1 aliphatic rings. The van der Waals surface area contributed by atoms with Gasteiger partial charge in [0.15, 0.2) is 5.78 Å². The van der Waals surface area contributed by atoms with Crippen molar-refractivity contribution in [1.29, 1.82) is 0 Å². The van der Waals surface area contributed by atoms with Crippen molar-refractivity contribution in [3.63, 3.8) is 0 Å². The van der Waals surface area contributed by atoms with Gasteiger partial charge in [0, 0.05) is 35.3 Å². The van der Waals surface area contributed by atoms with Gasteiger partial charge in [0.05, 0.1) is 6.61 Å². The second-order valence-electron chi connectivity index (χ2n) is 6.39. The maximum atomic E-state index is 14.2. The van der Waals surface area contributed by atoms with E-state index >= 15 is 0 Å². The quantitative estimate of drug-likeness (QED) is 0.660. The van der Waals surface area contributed by atoms with Gasteiger partial charge >= 0.3 is 0 Å². The van der Waals surface area contributed by atoms with Crippen LogP contribution >= 0.6 is 15.9 Å². The first-order chi connectivity index (χ1) is 12.0. The first kappa shape index (κ1) is 18.0. The summed E-state index contributed by atoms with van der Waals surface area (Å²) in [6.45, 7) is 0.568. The normalized spacial score (nSPS) is 13.9. The highest BCUT2D eigenvalue weighted by Gasteiger charge is 2.22. The van der Waals surface area contributed by atoms with Crippen LogP contribution in [-0.4, -0.2) is 23.6 Å². The highest BCUT2D eigenvalue weighted by molar-refractivity contribution is 9.10. The lowest BCUT2D eigenvalue weighted by molar-refractivity contribution is 0.0738. The van der Waals surface area contributed by atoms with Gasteiger partial charge in [-0.15, -0.1) is 0 Å². The number of carbonyl (C=O) groups excluding carboxylic acids is 1. The number of halogens is 2. The van der Waals surface area contributed by atoms with Gasteiger partial charge in [-0.05, 0) is 42.5 Å². The zero-order chi connectivity index (χ0) is 18.0. The van der Waals surface area contributed by atoms with Crippen molar-refractivity contribution >= 4 is 21.7 Å². The van der Waals surface area contributed by atoms with Crippen LogP contribution in [0.4, 0.5) is 4.39 Å². The first-order valence-electron chi connectivity index (χ1n) is 8.19. The van der Waals surface area contributed by atoms with E-state index < -0.39 is 0 Å². The van der Waals surface area contributed by atoms with E-state index in [0.717, 1.165) is 12.8 Å². The number of hydrogen-bond donors (Lipinski definition) is 0. The van der Waals surface area contributed by atoms with E-state index in [9.17, 15) is 14.0 Å². The van der Waals surface area contributed by atoms with E-state index in [4.69, 9.17) is 4.74 Å². The Morgan fingerprint density at radius 1 is 1.32 bits per heavy atom. The molecule has 1 fully saturated rings. The van der Waals surface area contributed by atoms with Crippen molar-refractivity contribution in [1.82, 2.24) is 4.57 Å². The lowest BCUT2D eigenvalue weighted by atomic mass is 10.0. The summed E-state index contributed by atoms with van der Waals surface area (Å²) in [6, 6.07) is 7.62. The summed E-state index contributed by atoms with van der Waals surface area (Å²) in [4.78, 5) is 24.5. The Balaban J connectivity index is 1.86. The molecule has 3 rings (SSSR count). The van der Waals surface area contributed by atoms with Crippen LogP contribution in [-0.2, 0) is 18.2 Å². The van der Waals surface area contributed by atoms with Crippen molar-refractivity contribution < 1.29 is 13.9 Å². The fourth-order valence-corrected chi connectivity index (χ4v) is 3.00. The van der Waals surface area contributed by atoms with E-state index in [2.05, 4.69) is 15.9 Å². The molecule has 0 amide bonds. The van der Waals surface area contributed by atoms with E-state index in [1.54, 1.807) is 19.2 Å². The maximum Gasteiger partial charge on any atom is 0.250 e. The van der Waals surface area contributed by atoms with Crippen LogP contribution < -0.4 is 5.56 Å². The van der Waals surface area contributed by atoms with Gasteiger partial charge in [-0.25, -0.2) is 4.39 Å². The average Bonchev–Trinajstić information content (AvgIpc) is 3.38. The molecule has 0 aliphatic heterocycles. The van der Waals surface area contributed by atoms with Crippen LogP contribution in [0.25, 0.3) is 0 Å². The van der Waals surface area contributed by atoms with Gasteiger partial charge in [0.1, 0.15) is 12.4 Å². The first-order valence-corrected chi connectivity index (χ1v) is 8.99. The molecular weight excluding hydrogens is 389 g/mol. The fraction of sp³-hybridized carbons (Fsp3) is 0.368. The minimum absolute atomic E-state index is 0.0233. The molecule has 1 aromatic heterocycles. The molecule has 25 heavy (non-hydrogen) atoms. The molecule has 1 saturated carbocycles. The summed E-state index contributed by atoms with van der Waals surface area (Å²) in [5.74, 6) is 0.00194. The van der Waals surface area contributed by atoms with Crippen molar-refractivity contribution in [3.8, 4) is 0 Å². The Bertz CT molecular complexity index is 858. The average molecular weight is 408 g/mol. The van der Waals surface area contributed by atoms with Crippen LogP contribution in [0.5, 0.6) is 0 Å². The highest BCUT2D eigenvalue weighted by Crippen LogP contribution is 2.28. The van der Waals surface area contributed by atoms with Crippen LogP contribution in [0.15, 0.2) is 39.6 Å². The van der Waals surface area contributed by atoms with E-state index in [1.165, 1.54) is 22.8 Å². The Morgan fingerprint density at radius 2 is 2.08 bits per heavy atom. The fourth-order valence-electron chi connectivity index (χ4n) is 2.67. The number of benzene rings is 1. The third-order valence-corrected chi connectivity index (χ3v) is 4.89. The predicted octanol–water partition coefficient (Wildman–Crippen LogP) is 3.49. The van der Waals surface area contributed by atoms with Crippen LogP contribution in [0, 0.1) is 11.7 Å². The number of aromatic nitrogens is 1. The lowest BCUT2D eigenvalue weighted by Crippen LogP contribution is -2.24. The summed E-state index contributed by atoms with van der Waals surface area (Å²) < 4.78 is 21.7. The van der Waals surface area contributed by atoms with Gasteiger partial charge in [0.25, 0.3) is 5.56 Å². The van der Waals surface area contributed by atoms with Crippen molar-refractivity contribution in [2.45, 2.75) is 19.3 Å². The zero-order valence-electron chi connectivity index (χ0n) is 13.9. The third-order valence-electron chi connectivity index (χ3n) is 4.40. The van der Waals surface area contributed by atoms with Crippen LogP contribution in [0.2, 0.25) is 0 Å². The molecule has 0 bridgehead atoms. The summed E-state index contributed by atoms with van der Waals surface area (Å²) in [5.41, 5.74) is 1.09. The van der Waals surface area contributed by atoms with Crippen LogP contribution in [0.1, 0.15) is 34.5 Å².